The van der Waals surface area contributed by atoms with E-state index in [0.29, 0.717) is 18.2 Å². The van der Waals surface area contributed by atoms with Crippen molar-refractivity contribution in [3.63, 3.8) is 0 Å². The molecule has 23 heavy (non-hydrogen) atoms. The first kappa shape index (κ1) is 16.1. The van der Waals surface area contributed by atoms with Crippen molar-refractivity contribution in [1.82, 2.24) is 20.9 Å². The third-order valence-corrected chi connectivity index (χ3v) is 5.80. The second-order valence-corrected chi connectivity index (χ2v) is 7.28. The molecule has 2 saturated heterocycles. The minimum Gasteiger partial charge on any atom is -0.352 e. The lowest BCUT2D eigenvalue weighted by Gasteiger charge is -2.16. The van der Waals surface area contributed by atoms with Crippen molar-refractivity contribution in [3.8, 4) is 0 Å². The minimum atomic E-state index is -0.0416. The Morgan fingerprint density at radius 2 is 2.30 bits per heavy atom. The average Bonchev–Trinajstić information content (AvgIpc) is 3.10. The summed E-state index contributed by atoms with van der Waals surface area (Å²) >= 11 is 1.92. The third kappa shape index (κ3) is 4.37. The number of nitrogens with zero attached hydrogens (tertiary/aromatic N) is 1. The molecule has 0 unspecified atom stereocenters. The number of amides is 3. The molecule has 3 N–H and O–H groups in total. The van der Waals surface area contributed by atoms with Crippen molar-refractivity contribution < 1.29 is 9.59 Å². The quantitative estimate of drug-likeness (QED) is 0.520. The lowest BCUT2D eigenvalue weighted by atomic mass is 10.0. The molecule has 3 atom stereocenters. The highest BCUT2D eigenvalue weighted by atomic mass is 32.2. The van der Waals surface area contributed by atoms with Crippen molar-refractivity contribution >= 4 is 23.7 Å². The van der Waals surface area contributed by atoms with Crippen molar-refractivity contribution in [1.29, 1.82) is 0 Å². The summed E-state index contributed by atoms with van der Waals surface area (Å²) in [7, 11) is 0. The van der Waals surface area contributed by atoms with E-state index in [-0.39, 0.29) is 24.0 Å². The number of thioether (sulfide) groups is 1. The number of rotatable bonds is 7. The van der Waals surface area contributed by atoms with Crippen LogP contribution in [0.25, 0.3) is 0 Å². The van der Waals surface area contributed by atoms with Gasteiger partial charge in [0.05, 0.1) is 12.1 Å². The molecule has 0 spiro atoms. The summed E-state index contributed by atoms with van der Waals surface area (Å²) in [5, 5.41) is 9.33. The molecule has 124 valence electrons. The molecule has 1 aromatic heterocycles. The van der Waals surface area contributed by atoms with Crippen LogP contribution in [0.1, 0.15) is 31.2 Å². The molecule has 0 bridgehead atoms. The molecule has 3 heterocycles. The summed E-state index contributed by atoms with van der Waals surface area (Å²) in [5.41, 5.74) is 1.01. The summed E-state index contributed by atoms with van der Waals surface area (Å²) < 4.78 is 0. The summed E-state index contributed by atoms with van der Waals surface area (Å²) in [6.45, 7) is 0.534. The summed E-state index contributed by atoms with van der Waals surface area (Å²) in [4.78, 5) is 27.2. The normalized spacial score (nSPS) is 25.6. The number of carbonyl (C=O) groups is 2. The standard InChI is InChI=1S/C16H22N4O2S/c21-14(18-9-11-4-3-7-17-8-11)6-2-1-5-13-15-12(10-23-13)19-16(22)20-15/h3-4,7-8,12-13,15H,1-2,5-6,9-10H2,(H,18,21)(H2,19,20,22)/t12-,13+,15+/m0/s1. The number of hydrogen-bond acceptors (Lipinski definition) is 4. The van der Waals surface area contributed by atoms with Crippen LogP contribution in [-0.4, -0.2) is 40.0 Å². The monoisotopic (exact) mass is 334 g/mol. The molecular formula is C16H22N4O2S. The highest BCUT2D eigenvalue weighted by molar-refractivity contribution is 8.00. The number of aromatic nitrogens is 1. The van der Waals surface area contributed by atoms with Crippen LogP contribution < -0.4 is 16.0 Å². The summed E-state index contributed by atoms with van der Waals surface area (Å²) in [6.07, 6.45) is 6.98. The number of carbonyl (C=O) groups excluding carboxylic acids is 2. The summed E-state index contributed by atoms with van der Waals surface area (Å²) in [6, 6.07) is 4.31. The van der Waals surface area contributed by atoms with Gasteiger partial charge in [0.25, 0.3) is 0 Å². The van der Waals surface area contributed by atoms with Crippen LogP contribution in [0.4, 0.5) is 4.79 Å². The Kier molecular flexibility index (Phi) is 5.38. The molecule has 3 amide bonds. The fourth-order valence-corrected chi connectivity index (χ4v) is 4.61. The Labute approximate surface area is 140 Å². The molecule has 7 heteroatoms. The molecule has 2 aliphatic heterocycles. The number of nitrogens with one attached hydrogen (secondary N) is 3. The van der Waals surface area contributed by atoms with Crippen LogP contribution in [0.2, 0.25) is 0 Å². The van der Waals surface area contributed by atoms with Gasteiger partial charge in [0.1, 0.15) is 0 Å². The zero-order valence-electron chi connectivity index (χ0n) is 13.0. The van der Waals surface area contributed by atoms with Crippen molar-refractivity contribution in [2.75, 3.05) is 5.75 Å². The van der Waals surface area contributed by atoms with E-state index in [1.807, 2.05) is 23.9 Å². The Bertz CT molecular complexity index is 554. The number of hydrogen-bond donors (Lipinski definition) is 3. The maximum Gasteiger partial charge on any atom is 0.315 e. The van der Waals surface area contributed by atoms with E-state index in [0.717, 1.165) is 30.6 Å². The lowest BCUT2D eigenvalue weighted by Crippen LogP contribution is -2.36. The molecular weight excluding hydrogens is 312 g/mol. The van der Waals surface area contributed by atoms with Crippen LogP contribution in [0.15, 0.2) is 24.5 Å². The first-order chi connectivity index (χ1) is 11.2. The van der Waals surface area contributed by atoms with Gasteiger partial charge in [-0.2, -0.15) is 11.8 Å². The first-order valence-electron chi connectivity index (χ1n) is 8.06. The second kappa shape index (κ2) is 7.68. The average molecular weight is 334 g/mol. The molecule has 1 aromatic rings. The molecule has 2 aliphatic rings. The molecule has 0 aliphatic carbocycles. The van der Waals surface area contributed by atoms with E-state index >= 15 is 0 Å². The molecule has 0 radical (unpaired) electrons. The second-order valence-electron chi connectivity index (χ2n) is 6.01. The maximum atomic E-state index is 11.8. The van der Waals surface area contributed by atoms with Crippen LogP contribution in [0.5, 0.6) is 0 Å². The number of unbranched alkanes of at least 4 members (excludes halogenated alkanes) is 1. The maximum absolute atomic E-state index is 11.8. The van der Waals surface area contributed by atoms with Gasteiger partial charge in [-0.05, 0) is 24.5 Å². The Hall–Kier alpha value is -1.76. The Morgan fingerprint density at radius 1 is 1.39 bits per heavy atom. The minimum absolute atomic E-state index is 0.0416. The van der Waals surface area contributed by atoms with Gasteiger partial charge in [0.15, 0.2) is 0 Å². The highest BCUT2D eigenvalue weighted by Crippen LogP contribution is 2.33. The molecule has 2 fully saturated rings. The van der Waals surface area contributed by atoms with Gasteiger partial charge in [-0.25, -0.2) is 4.79 Å². The van der Waals surface area contributed by atoms with Gasteiger partial charge in [-0.3, -0.25) is 9.78 Å². The van der Waals surface area contributed by atoms with E-state index in [4.69, 9.17) is 0 Å². The van der Waals surface area contributed by atoms with Gasteiger partial charge in [0, 0.05) is 36.4 Å². The van der Waals surface area contributed by atoms with Crippen LogP contribution in [-0.2, 0) is 11.3 Å². The van der Waals surface area contributed by atoms with Crippen LogP contribution >= 0.6 is 11.8 Å². The predicted molar refractivity (Wildman–Crippen MR) is 90.0 cm³/mol. The molecule has 6 nitrogen and oxygen atoms in total. The smallest absolute Gasteiger partial charge is 0.315 e. The zero-order valence-corrected chi connectivity index (χ0v) is 13.8. The molecule has 0 saturated carbocycles. The fraction of sp³-hybridized carbons (Fsp3) is 0.562. The van der Waals surface area contributed by atoms with E-state index in [1.54, 1.807) is 12.4 Å². The Balaban J connectivity index is 1.29. The number of fused-ring (bicyclic) bond motifs is 1. The van der Waals surface area contributed by atoms with Gasteiger partial charge >= 0.3 is 6.03 Å². The third-order valence-electron chi connectivity index (χ3n) is 4.29. The van der Waals surface area contributed by atoms with Crippen molar-refractivity contribution in [2.24, 2.45) is 0 Å². The van der Waals surface area contributed by atoms with E-state index < -0.39 is 0 Å². The SMILES string of the molecule is O=C(CCCC[C@H]1SC[C@@H]2NC(=O)N[C@H]21)NCc1cccnc1. The number of pyridine rings is 1. The predicted octanol–water partition coefficient (Wildman–Crippen LogP) is 1.42. The van der Waals surface area contributed by atoms with Crippen LogP contribution in [0.3, 0.4) is 0 Å². The topological polar surface area (TPSA) is 83.1 Å². The lowest BCUT2D eigenvalue weighted by molar-refractivity contribution is -0.121. The van der Waals surface area contributed by atoms with Crippen LogP contribution in [0, 0.1) is 0 Å². The fourth-order valence-electron chi connectivity index (χ4n) is 3.07. The number of urea groups is 1. The largest absolute Gasteiger partial charge is 0.352 e. The Morgan fingerprint density at radius 3 is 3.13 bits per heavy atom. The zero-order chi connectivity index (χ0) is 16.1. The van der Waals surface area contributed by atoms with E-state index in [9.17, 15) is 9.59 Å². The van der Waals surface area contributed by atoms with Gasteiger partial charge < -0.3 is 16.0 Å². The molecule has 3 rings (SSSR count). The highest BCUT2D eigenvalue weighted by Gasteiger charge is 2.42. The van der Waals surface area contributed by atoms with Gasteiger partial charge in [-0.1, -0.05) is 12.5 Å². The van der Waals surface area contributed by atoms with E-state index in [2.05, 4.69) is 20.9 Å². The van der Waals surface area contributed by atoms with Crippen molar-refractivity contribution in [3.05, 3.63) is 30.1 Å². The van der Waals surface area contributed by atoms with Gasteiger partial charge in [-0.15, -0.1) is 0 Å². The van der Waals surface area contributed by atoms with E-state index in [1.165, 1.54) is 0 Å². The van der Waals surface area contributed by atoms with Crippen molar-refractivity contribution in [2.45, 2.75) is 49.6 Å². The van der Waals surface area contributed by atoms with Gasteiger partial charge in [0.2, 0.25) is 5.91 Å². The summed E-state index contributed by atoms with van der Waals surface area (Å²) in [5.74, 6) is 1.07. The molecule has 0 aromatic carbocycles. The first-order valence-corrected chi connectivity index (χ1v) is 9.11.